The van der Waals surface area contributed by atoms with Gasteiger partial charge in [0.05, 0.1) is 15.7 Å². The van der Waals surface area contributed by atoms with Gasteiger partial charge in [-0.05, 0) is 54.6 Å². The number of likely N-dealkylation sites (tertiary alicyclic amines) is 1. The molecule has 7 nitrogen and oxygen atoms in total. The number of β-amino-alcohol motifs (C(OH)–C–C–N with tert-alkyl or cyclic N) is 1. The van der Waals surface area contributed by atoms with Gasteiger partial charge in [-0.25, -0.2) is 4.79 Å². The number of benzene rings is 2. The summed E-state index contributed by atoms with van der Waals surface area (Å²) in [5, 5.41) is 16.5. The van der Waals surface area contributed by atoms with Gasteiger partial charge in [0.15, 0.2) is 5.06 Å². The summed E-state index contributed by atoms with van der Waals surface area (Å²) >= 11 is 13.4. The Kier molecular flexibility index (Phi) is 9.12. The number of amides is 1. The van der Waals surface area contributed by atoms with Gasteiger partial charge < -0.3 is 24.2 Å². The van der Waals surface area contributed by atoms with Crippen LogP contribution >= 0.6 is 34.5 Å². The number of nitrogens with one attached hydrogen (secondary N) is 1. The number of ether oxygens (including phenoxy) is 3. The molecule has 0 aliphatic carbocycles. The van der Waals surface area contributed by atoms with Crippen molar-refractivity contribution in [1.82, 2.24) is 4.90 Å². The molecule has 1 aromatic heterocycles. The summed E-state index contributed by atoms with van der Waals surface area (Å²) < 4.78 is 17.1. The molecule has 3 aromatic rings. The lowest BCUT2D eigenvalue weighted by molar-refractivity contribution is 0.0403. The van der Waals surface area contributed by atoms with Crippen molar-refractivity contribution in [3.63, 3.8) is 0 Å². The Morgan fingerprint density at radius 1 is 1.11 bits per heavy atom. The quantitative estimate of drug-likeness (QED) is 0.351. The van der Waals surface area contributed by atoms with Crippen molar-refractivity contribution < 1.29 is 24.1 Å². The minimum absolute atomic E-state index is 0.0868. The van der Waals surface area contributed by atoms with Crippen LogP contribution in [0.2, 0.25) is 10.0 Å². The zero-order valence-corrected chi connectivity index (χ0v) is 21.2. The lowest BCUT2D eigenvalue weighted by Gasteiger charge is -2.33. The number of thiophene rings is 1. The van der Waals surface area contributed by atoms with Gasteiger partial charge in [0.25, 0.3) is 0 Å². The van der Waals surface area contributed by atoms with Gasteiger partial charge in [-0.15, -0.1) is 11.3 Å². The maximum Gasteiger partial charge on any atom is 0.418 e. The molecule has 4 rings (SSSR count). The van der Waals surface area contributed by atoms with Crippen molar-refractivity contribution in [3.8, 4) is 16.6 Å². The van der Waals surface area contributed by atoms with Gasteiger partial charge in [0, 0.05) is 25.7 Å². The Hall–Kier alpha value is -2.49. The van der Waals surface area contributed by atoms with E-state index in [9.17, 15) is 9.90 Å². The van der Waals surface area contributed by atoms with Crippen molar-refractivity contribution in [2.75, 3.05) is 31.6 Å². The molecule has 1 unspecified atom stereocenters. The highest BCUT2D eigenvalue weighted by Crippen LogP contribution is 2.28. The van der Waals surface area contributed by atoms with E-state index >= 15 is 0 Å². The SMILES string of the molecule is O=C(Nc1ccccc1OCC(O)CN1CCC(Oc2ccc(Cl)c(Cl)c2)CC1)Oc1cccs1. The van der Waals surface area contributed by atoms with Crippen LogP contribution in [-0.2, 0) is 0 Å². The van der Waals surface area contributed by atoms with Gasteiger partial charge in [-0.2, -0.15) is 0 Å². The molecule has 1 atom stereocenters. The lowest BCUT2D eigenvalue weighted by atomic mass is 10.1. The van der Waals surface area contributed by atoms with E-state index in [1.807, 2.05) is 11.4 Å². The zero-order valence-electron chi connectivity index (χ0n) is 18.9. The van der Waals surface area contributed by atoms with Crippen molar-refractivity contribution in [1.29, 1.82) is 0 Å². The van der Waals surface area contributed by atoms with E-state index in [1.54, 1.807) is 48.5 Å². The number of aliphatic hydroxyl groups is 1. The first-order valence-electron chi connectivity index (χ1n) is 11.2. The number of rotatable bonds is 9. The standard InChI is InChI=1S/C25H26Cl2N2O5S/c26-20-8-7-19(14-21(20)27)33-18-9-11-29(12-10-18)15-17(30)16-32-23-5-2-1-4-22(23)28-25(31)34-24-6-3-13-35-24/h1-8,13-14,17-18,30H,9-12,15-16H2,(H,28,31). The predicted octanol–water partition coefficient (Wildman–Crippen LogP) is 5.95. The van der Waals surface area contributed by atoms with E-state index in [1.165, 1.54) is 11.3 Å². The largest absolute Gasteiger partial charge is 0.490 e. The van der Waals surface area contributed by atoms with E-state index < -0.39 is 12.2 Å². The molecule has 186 valence electrons. The first-order valence-corrected chi connectivity index (χ1v) is 12.9. The smallest absolute Gasteiger partial charge is 0.418 e. The minimum Gasteiger partial charge on any atom is -0.490 e. The highest BCUT2D eigenvalue weighted by Gasteiger charge is 2.23. The second-order valence-electron chi connectivity index (χ2n) is 8.10. The van der Waals surface area contributed by atoms with Crippen LogP contribution in [-0.4, -0.2) is 54.5 Å². The predicted molar refractivity (Wildman–Crippen MR) is 138 cm³/mol. The van der Waals surface area contributed by atoms with Crippen LogP contribution in [0.5, 0.6) is 16.6 Å². The number of hydrogen-bond donors (Lipinski definition) is 2. The molecule has 0 saturated carbocycles. The van der Waals surface area contributed by atoms with E-state index in [0.29, 0.717) is 38.8 Å². The Balaban J connectivity index is 1.20. The molecule has 1 saturated heterocycles. The van der Waals surface area contributed by atoms with Crippen molar-refractivity contribution in [2.24, 2.45) is 0 Å². The van der Waals surface area contributed by atoms with Crippen LogP contribution in [0.1, 0.15) is 12.8 Å². The Morgan fingerprint density at radius 2 is 1.91 bits per heavy atom. The second kappa shape index (κ2) is 12.5. The van der Waals surface area contributed by atoms with Gasteiger partial charge in [-0.3, -0.25) is 5.32 Å². The van der Waals surface area contributed by atoms with Gasteiger partial charge in [0.2, 0.25) is 0 Å². The highest BCUT2D eigenvalue weighted by atomic mass is 35.5. The highest BCUT2D eigenvalue weighted by molar-refractivity contribution is 7.11. The number of piperidine rings is 1. The molecular weight excluding hydrogens is 511 g/mol. The lowest BCUT2D eigenvalue weighted by Crippen LogP contribution is -2.43. The summed E-state index contributed by atoms with van der Waals surface area (Å²) in [6.07, 6.45) is 0.479. The summed E-state index contributed by atoms with van der Waals surface area (Å²) in [4.78, 5) is 14.3. The van der Waals surface area contributed by atoms with Crippen LogP contribution in [0.4, 0.5) is 10.5 Å². The molecule has 2 N–H and O–H groups in total. The molecule has 2 heterocycles. The molecule has 2 aromatic carbocycles. The van der Waals surface area contributed by atoms with Crippen molar-refractivity contribution in [3.05, 3.63) is 70.0 Å². The monoisotopic (exact) mass is 536 g/mol. The normalized spacial score (nSPS) is 15.4. The topological polar surface area (TPSA) is 80.3 Å². The van der Waals surface area contributed by atoms with Crippen LogP contribution < -0.4 is 19.5 Å². The molecular formula is C25H26Cl2N2O5S. The number of anilines is 1. The third-order valence-electron chi connectivity index (χ3n) is 5.44. The maximum absolute atomic E-state index is 12.1. The Morgan fingerprint density at radius 3 is 2.66 bits per heavy atom. The molecule has 1 aliphatic heterocycles. The maximum atomic E-state index is 12.1. The van der Waals surface area contributed by atoms with Crippen LogP contribution in [0, 0.1) is 0 Å². The van der Waals surface area contributed by atoms with E-state index in [-0.39, 0.29) is 12.7 Å². The fourth-order valence-electron chi connectivity index (χ4n) is 3.73. The third kappa shape index (κ3) is 7.75. The number of hydrogen-bond acceptors (Lipinski definition) is 7. The van der Waals surface area contributed by atoms with E-state index in [4.69, 9.17) is 37.4 Å². The second-order valence-corrected chi connectivity index (χ2v) is 9.83. The molecule has 1 aliphatic rings. The van der Waals surface area contributed by atoms with Gasteiger partial charge in [-0.1, -0.05) is 35.3 Å². The summed E-state index contributed by atoms with van der Waals surface area (Å²) in [5.74, 6) is 1.17. The summed E-state index contributed by atoms with van der Waals surface area (Å²) in [6.45, 7) is 2.18. The molecule has 0 bridgehead atoms. The molecule has 10 heteroatoms. The Labute approximate surface area is 218 Å². The summed E-state index contributed by atoms with van der Waals surface area (Å²) in [7, 11) is 0. The average Bonchev–Trinajstić information content (AvgIpc) is 3.35. The fourth-order valence-corrected chi connectivity index (χ4v) is 4.59. The first kappa shape index (κ1) is 25.6. The van der Waals surface area contributed by atoms with Crippen LogP contribution in [0.3, 0.4) is 0 Å². The van der Waals surface area contributed by atoms with Crippen molar-refractivity contribution in [2.45, 2.75) is 25.0 Å². The zero-order chi connectivity index (χ0) is 24.6. The van der Waals surface area contributed by atoms with Crippen LogP contribution in [0.15, 0.2) is 60.0 Å². The molecule has 1 amide bonds. The average molecular weight is 537 g/mol. The summed E-state index contributed by atoms with van der Waals surface area (Å²) in [6, 6.07) is 15.8. The van der Waals surface area contributed by atoms with Gasteiger partial charge >= 0.3 is 6.09 Å². The number of carbonyl (C=O) groups is 1. The molecule has 0 spiro atoms. The Bertz CT molecular complexity index is 1110. The third-order valence-corrected chi connectivity index (χ3v) is 6.92. The fraction of sp³-hybridized carbons (Fsp3) is 0.320. The minimum atomic E-state index is -0.686. The number of halogens is 2. The number of para-hydroxylation sites is 2. The van der Waals surface area contributed by atoms with E-state index in [2.05, 4.69) is 10.2 Å². The van der Waals surface area contributed by atoms with E-state index in [0.717, 1.165) is 25.9 Å². The molecule has 35 heavy (non-hydrogen) atoms. The molecule has 0 radical (unpaired) electrons. The van der Waals surface area contributed by atoms with Crippen molar-refractivity contribution >= 4 is 46.3 Å². The molecule has 1 fully saturated rings. The van der Waals surface area contributed by atoms with Gasteiger partial charge in [0.1, 0.15) is 30.3 Å². The first-order chi connectivity index (χ1) is 17.0. The number of carbonyl (C=O) groups excluding carboxylic acids is 1. The number of nitrogens with zero attached hydrogens (tertiary/aromatic N) is 1. The summed E-state index contributed by atoms with van der Waals surface area (Å²) in [5.41, 5.74) is 0.474. The van der Waals surface area contributed by atoms with Crippen LogP contribution in [0.25, 0.3) is 0 Å². The number of aliphatic hydroxyl groups excluding tert-OH is 1.